The lowest BCUT2D eigenvalue weighted by Gasteiger charge is -2.35. The monoisotopic (exact) mass is 309 g/mol. The van der Waals surface area contributed by atoms with Gasteiger partial charge in [0.2, 0.25) is 5.91 Å². The minimum absolute atomic E-state index is 0.00665. The molecular formula is C16H23NO3S. The van der Waals surface area contributed by atoms with Gasteiger partial charge in [-0.15, -0.1) is 11.8 Å². The average molecular weight is 309 g/mol. The second-order valence-corrected chi connectivity index (χ2v) is 6.94. The Hall–Kier alpha value is -1.49. The van der Waals surface area contributed by atoms with Crippen molar-refractivity contribution in [2.24, 2.45) is 0 Å². The molecule has 0 saturated heterocycles. The largest absolute Gasteiger partial charge is 0.481 e. The molecule has 0 aliphatic rings. The van der Waals surface area contributed by atoms with Gasteiger partial charge in [-0.25, -0.2) is 0 Å². The van der Waals surface area contributed by atoms with E-state index in [0.717, 1.165) is 4.90 Å². The fourth-order valence-electron chi connectivity index (χ4n) is 1.95. The highest BCUT2D eigenvalue weighted by atomic mass is 32.2. The summed E-state index contributed by atoms with van der Waals surface area (Å²) in [5.41, 5.74) is -0.357. The summed E-state index contributed by atoms with van der Waals surface area (Å²) in [7, 11) is 0. The van der Waals surface area contributed by atoms with Crippen LogP contribution in [0.15, 0.2) is 35.2 Å². The van der Waals surface area contributed by atoms with Crippen LogP contribution < -0.4 is 0 Å². The lowest BCUT2D eigenvalue weighted by Crippen LogP contribution is -2.46. The van der Waals surface area contributed by atoms with E-state index < -0.39 is 5.97 Å². The molecule has 0 aliphatic carbocycles. The topological polar surface area (TPSA) is 57.6 Å². The SMILES string of the molecule is CC(C)(C)N(CCC(=O)O)C(=O)CCSc1ccccc1. The van der Waals surface area contributed by atoms with Crippen molar-refractivity contribution in [2.75, 3.05) is 12.3 Å². The van der Waals surface area contributed by atoms with E-state index in [-0.39, 0.29) is 24.4 Å². The van der Waals surface area contributed by atoms with Crippen LogP contribution in [-0.2, 0) is 9.59 Å². The molecule has 1 rings (SSSR count). The number of rotatable bonds is 7. The molecule has 0 aliphatic heterocycles. The smallest absolute Gasteiger partial charge is 0.305 e. The summed E-state index contributed by atoms with van der Waals surface area (Å²) < 4.78 is 0. The van der Waals surface area contributed by atoms with E-state index in [1.165, 1.54) is 0 Å². The zero-order valence-electron chi connectivity index (χ0n) is 12.8. The van der Waals surface area contributed by atoms with Crippen LogP contribution >= 0.6 is 11.8 Å². The minimum atomic E-state index is -0.879. The van der Waals surface area contributed by atoms with E-state index in [1.807, 2.05) is 51.1 Å². The number of thioether (sulfide) groups is 1. The number of carboxylic acid groups (broad SMARTS) is 1. The Kier molecular flexibility index (Phi) is 6.75. The third-order valence-electron chi connectivity index (χ3n) is 2.99. The normalized spacial score (nSPS) is 11.2. The van der Waals surface area contributed by atoms with Gasteiger partial charge in [0.1, 0.15) is 0 Å². The lowest BCUT2D eigenvalue weighted by molar-refractivity contribution is -0.140. The van der Waals surface area contributed by atoms with Gasteiger partial charge in [-0.1, -0.05) is 18.2 Å². The molecule has 0 heterocycles. The molecule has 0 unspecified atom stereocenters. The van der Waals surface area contributed by atoms with Gasteiger partial charge in [0.15, 0.2) is 0 Å². The molecule has 1 N–H and O–H groups in total. The molecule has 0 radical (unpaired) electrons. The predicted octanol–water partition coefficient (Wildman–Crippen LogP) is 3.27. The Morgan fingerprint density at radius 1 is 1.14 bits per heavy atom. The fraction of sp³-hybridized carbons (Fsp3) is 0.500. The Morgan fingerprint density at radius 3 is 2.29 bits per heavy atom. The van der Waals surface area contributed by atoms with Gasteiger partial charge in [-0.2, -0.15) is 0 Å². The number of benzene rings is 1. The van der Waals surface area contributed by atoms with E-state index in [4.69, 9.17) is 5.11 Å². The Morgan fingerprint density at radius 2 is 1.76 bits per heavy atom. The fourth-order valence-corrected chi connectivity index (χ4v) is 2.81. The number of carbonyl (C=O) groups is 2. The van der Waals surface area contributed by atoms with Crippen molar-refractivity contribution in [3.8, 4) is 0 Å². The van der Waals surface area contributed by atoms with Crippen molar-refractivity contribution in [3.63, 3.8) is 0 Å². The maximum Gasteiger partial charge on any atom is 0.305 e. The number of carboxylic acids is 1. The van der Waals surface area contributed by atoms with Gasteiger partial charge < -0.3 is 10.0 Å². The highest BCUT2D eigenvalue weighted by molar-refractivity contribution is 7.99. The van der Waals surface area contributed by atoms with Crippen LogP contribution in [0.3, 0.4) is 0 Å². The molecule has 1 aromatic carbocycles. The van der Waals surface area contributed by atoms with Crippen LogP contribution in [0.25, 0.3) is 0 Å². The number of aliphatic carboxylic acids is 1. The number of hydrogen-bond donors (Lipinski definition) is 1. The first kappa shape index (κ1) is 17.6. The van der Waals surface area contributed by atoms with E-state index >= 15 is 0 Å². The zero-order chi connectivity index (χ0) is 15.9. The molecule has 21 heavy (non-hydrogen) atoms. The lowest BCUT2D eigenvalue weighted by atomic mass is 10.0. The van der Waals surface area contributed by atoms with E-state index in [9.17, 15) is 9.59 Å². The van der Waals surface area contributed by atoms with Crippen LogP contribution in [-0.4, -0.2) is 39.7 Å². The summed E-state index contributed by atoms with van der Waals surface area (Å²) >= 11 is 1.64. The first-order chi connectivity index (χ1) is 9.80. The highest BCUT2D eigenvalue weighted by Gasteiger charge is 2.26. The van der Waals surface area contributed by atoms with Gasteiger partial charge in [-0.3, -0.25) is 9.59 Å². The molecule has 0 atom stereocenters. The van der Waals surface area contributed by atoms with Crippen LogP contribution in [0.1, 0.15) is 33.6 Å². The molecule has 0 saturated carbocycles. The number of hydrogen-bond acceptors (Lipinski definition) is 3. The number of nitrogens with zero attached hydrogens (tertiary/aromatic N) is 1. The number of carbonyl (C=O) groups excluding carboxylic acids is 1. The first-order valence-electron chi connectivity index (χ1n) is 7.01. The van der Waals surface area contributed by atoms with Crippen molar-refractivity contribution < 1.29 is 14.7 Å². The Labute approximate surface area is 130 Å². The predicted molar refractivity (Wildman–Crippen MR) is 85.5 cm³/mol. The van der Waals surface area contributed by atoms with E-state index in [2.05, 4.69) is 0 Å². The molecule has 0 spiro atoms. The highest BCUT2D eigenvalue weighted by Crippen LogP contribution is 2.20. The van der Waals surface area contributed by atoms with Gasteiger partial charge in [0.05, 0.1) is 6.42 Å². The van der Waals surface area contributed by atoms with Crippen molar-refractivity contribution in [2.45, 2.75) is 44.0 Å². The Balaban J connectivity index is 2.50. The minimum Gasteiger partial charge on any atom is -0.481 e. The molecule has 0 aromatic heterocycles. The molecular weight excluding hydrogens is 286 g/mol. The molecule has 116 valence electrons. The molecule has 1 aromatic rings. The molecule has 0 fully saturated rings. The second kappa shape index (κ2) is 8.08. The third-order valence-corrected chi connectivity index (χ3v) is 4.00. The standard InChI is InChI=1S/C16H23NO3S/c1-16(2,3)17(11-9-15(19)20)14(18)10-12-21-13-7-5-4-6-8-13/h4-8H,9-12H2,1-3H3,(H,19,20). The Bertz CT molecular complexity index is 468. The summed E-state index contributed by atoms with van der Waals surface area (Å²) in [5.74, 6) is -0.175. The summed E-state index contributed by atoms with van der Waals surface area (Å²) in [6, 6.07) is 9.93. The summed E-state index contributed by atoms with van der Waals surface area (Å²) in [6.07, 6.45) is 0.394. The van der Waals surface area contributed by atoms with Crippen LogP contribution in [0.2, 0.25) is 0 Å². The third kappa shape index (κ3) is 6.67. The van der Waals surface area contributed by atoms with Gasteiger partial charge >= 0.3 is 5.97 Å². The maximum absolute atomic E-state index is 12.3. The van der Waals surface area contributed by atoms with Crippen LogP contribution in [0.4, 0.5) is 0 Å². The van der Waals surface area contributed by atoms with Crippen molar-refractivity contribution >= 4 is 23.6 Å². The van der Waals surface area contributed by atoms with E-state index in [1.54, 1.807) is 16.7 Å². The molecule has 4 nitrogen and oxygen atoms in total. The van der Waals surface area contributed by atoms with Crippen LogP contribution in [0.5, 0.6) is 0 Å². The maximum atomic E-state index is 12.3. The second-order valence-electron chi connectivity index (χ2n) is 5.77. The summed E-state index contributed by atoms with van der Waals surface area (Å²) in [5, 5.41) is 8.79. The van der Waals surface area contributed by atoms with Gasteiger partial charge in [-0.05, 0) is 32.9 Å². The average Bonchev–Trinajstić information content (AvgIpc) is 2.38. The number of amides is 1. The van der Waals surface area contributed by atoms with Crippen molar-refractivity contribution in [3.05, 3.63) is 30.3 Å². The molecule has 0 bridgehead atoms. The van der Waals surface area contributed by atoms with Crippen molar-refractivity contribution in [1.82, 2.24) is 4.90 Å². The summed E-state index contributed by atoms with van der Waals surface area (Å²) in [6.45, 7) is 6.04. The summed E-state index contributed by atoms with van der Waals surface area (Å²) in [4.78, 5) is 25.8. The zero-order valence-corrected chi connectivity index (χ0v) is 13.7. The van der Waals surface area contributed by atoms with Crippen LogP contribution in [0, 0.1) is 0 Å². The van der Waals surface area contributed by atoms with Crippen molar-refractivity contribution in [1.29, 1.82) is 0 Å². The van der Waals surface area contributed by atoms with E-state index in [0.29, 0.717) is 12.2 Å². The van der Waals surface area contributed by atoms with Gasteiger partial charge in [0.25, 0.3) is 0 Å². The van der Waals surface area contributed by atoms with Gasteiger partial charge in [0, 0.05) is 29.2 Å². The quantitative estimate of drug-likeness (QED) is 0.785. The molecule has 1 amide bonds. The first-order valence-corrected chi connectivity index (χ1v) is 7.99. The molecule has 5 heteroatoms.